The molecule has 0 radical (unpaired) electrons. The third-order valence-electron chi connectivity index (χ3n) is 5.77. The van der Waals surface area contributed by atoms with Gasteiger partial charge in [0.15, 0.2) is 23.3 Å². The van der Waals surface area contributed by atoms with Crippen molar-refractivity contribution in [2.45, 2.75) is 0 Å². The molecular weight excluding hydrogens is 463 g/mol. The molecule has 0 saturated carbocycles. The van der Waals surface area contributed by atoms with E-state index in [1.54, 1.807) is 30.4 Å². The van der Waals surface area contributed by atoms with Crippen LogP contribution in [0.4, 0.5) is 22.0 Å². The molecule has 35 heavy (non-hydrogen) atoms. The van der Waals surface area contributed by atoms with E-state index in [0.29, 0.717) is 16.4 Å². The molecule has 4 nitrogen and oxygen atoms in total. The van der Waals surface area contributed by atoms with Crippen molar-refractivity contribution in [3.05, 3.63) is 116 Å². The van der Waals surface area contributed by atoms with E-state index in [9.17, 15) is 22.0 Å². The highest BCUT2D eigenvalue weighted by Gasteiger charge is 2.28. The van der Waals surface area contributed by atoms with Gasteiger partial charge < -0.3 is 19.9 Å². The van der Waals surface area contributed by atoms with Gasteiger partial charge in [0.1, 0.15) is 0 Å². The molecule has 5 heterocycles. The molecule has 5 aromatic rings. The predicted molar refractivity (Wildman–Crippen MR) is 121 cm³/mol. The van der Waals surface area contributed by atoms with Crippen molar-refractivity contribution in [2.24, 2.45) is 0 Å². The highest BCUT2D eigenvalue weighted by Crippen LogP contribution is 2.34. The highest BCUT2D eigenvalue weighted by atomic mass is 19.2. The zero-order valence-electron chi connectivity index (χ0n) is 17.7. The highest BCUT2D eigenvalue weighted by molar-refractivity contribution is 5.77. The summed E-state index contributed by atoms with van der Waals surface area (Å²) in [6, 6.07) is 12.4. The number of benzene rings is 1. The number of hydrogen-bond donors (Lipinski definition) is 4. The molecule has 0 unspecified atom stereocenters. The summed E-state index contributed by atoms with van der Waals surface area (Å²) in [5.74, 6) is -9.99. The van der Waals surface area contributed by atoms with Gasteiger partial charge in [0.05, 0.1) is 5.56 Å². The van der Waals surface area contributed by atoms with Gasteiger partial charge >= 0.3 is 0 Å². The Morgan fingerprint density at radius 1 is 0.429 bits per heavy atom. The Hall–Kier alpha value is -4.53. The zero-order chi connectivity index (χ0) is 24.3. The number of H-pyrrole nitrogens is 4. The number of rotatable bonds is 1. The van der Waals surface area contributed by atoms with Gasteiger partial charge in [-0.15, -0.1) is 0 Å². The van der Waals surface area contributed by atoms with Crippen molar-refractivity contribution in [2.75, 3.05) is 0 Å². The van der Waals surface area contributed by atoms with Gasteiger partial charge in [-0.1, -0.05) is 0 Å². The number of hydrogen-bond acceptors (Lipinski definition) is 0. The van der Waals surface area contributed by atoms with Crippen LogP contribution in [0.2, 0.25) is 0 Å². The first-order valence-electron chi connectivity index (χ1n) is 10.6. The van der Waals surface area contributed by atoms with Gasteiger partial charge in [-0.2, -0.15) is 0 Å². The van der Waals surface area contributed by atoms with Gasteiger partial charge in [0.25, 0.3) is 0 Å². The lowest BCUT2D eigenvalue weighted by molar-refractivity contribution is 0.381. The van der Waals surface area contributed by atoms with Crippen LogP contribution in [-0.2, 0) is 0 Å². The second-order valence-electron chi connectivity index (χ2n) is 8.18. The monoisotopic (exact) mass is 478 g/mol. The van der Waals surface area contributed by atoms with E-state index >= 15 is 0 Å². The number of halogens is 5. The van der Waals surface area contributed by atoms with Crippen LogP contribution < -0.4 is 21.4 Å². The minimum Gasteiger partial charge on any atom is -0.355 e. The maximum Gasteiger partial charge on any atom is 0.200 e. The fraction of sp³-hybridized carbons (Fsp3) is 0. The average Bonchev–Trinajstić information content (AvgIpc) is 3.62. The predicted octanol–water partition coefficient (Wildman–Crippen LogP) is 2.99. The van der Waals surface area contributed by atoms with Gasteiger partial charge in [0.2, 0.25) is 5.82 Å². The molecule has 9 heteroatoms. The Morgan fingerprint density at radius 3 is 1.43 bits per heavy atom. The summed E-state index contributed by atoms with van der Waals surface area (Å²) in [6.07, 6.45) is 7.00. The number of fused-ring (bicyclic) bond motifs is 8. The lowest BCUT2D eigenvalue weighted by Gasteiger charge is -2.08. The Labute approximate surface area is 193 Å². The molecule has 0 fully saturated rings. The normalized spacial score (nSPS) is 12.5. The van der Waals surface area contributed by atoms with Crippen LogP contribution in [0.15, 0.2) is 42.5 Å². The zero-order valence-corrected chi connectivity index (χ0v) is 17.7. The molecule has 4 aromatic heterocycles. The number of nitrogens with one attached hydrogen (secondary N) is 4. The van der Waals surface area contributed by atoms with Crippen molar-refractivity contribution in [3.63, 3.8) is 0 Å². The second-order valence-corrected chi connectivity index (χ2v) is 8.18. The molecule has 4 N–H and O–H groups in total. The Morgan fingerprint density at radius 2 is 0.886 bits per heavy atom. The molecule has 1 aromatic carbocycles. The SMILES string of the molecule is Fc1c(F)c(F)c(-c2cc3[nH]c2C=c2ccc([nH]2)=Cc2ccc([nH]2)C=c2ccc([nH]2)=C3)c(F)c1F. The van der Waals surface area contributed by atoms with Crippen molar-refractivity contribution in [1.82, 2.24) is 19.9 Å². The maximum atomic E-state index is 14.7. The van der Waals surface area contributed by atoms with Crippen LogP contribution in [0.1, 0.15) is 22.8 Å². The molecule has 1 aliphatic rings. The first-order chi connectivity index (χ1) is 16.9. The fourth-order valence-corrected chi connectivity index (χ4v) is 4.18. The van der Waals surface area contributed by atoms with E-state index in [1.807, 2.05) is 30.4 Å². The Balaban J connectivity index is 1.67. The summed E-state index contributed by atoms with van der Waals surface area (Å²) in [6.45, 7) is 0. The van der Waals surface area contributed by atoms with E-state index < -0.39 is 34.6 Å². The molecule has 1 aliphatic heterocycles. The lowest BCUT2D eigenvalue weighted by atomic mass is 10.0. The second kappa shape index (κ2) is 7.76. The van der Waals surface area contributed by atoms with Crippen molar-refractivity contribution in [1.29, 1.82) is 0 Å². The van der Waals surface area contributed by atoms with Gasteiger partial charge in [-0.3, -0.25) is 0 Å². The van der Waals surface area contributed by atoms with Crippen LogP contribution >= 0.6 is 0 Å². The van der Waals surface area contributed by atoms with Gasteiger partial charge in [-0.05, 0) is 66.8 Å². The largest absolute Gasteiger partial charge is 0.355 e. The van der Waals surface area contributed by atoms with E-state index in [2.05, 4.69) is 19.9 Å². The first-order valence-corrected chi connectivity index (χ1v) is 10.6. The molecule has 0 amide bonds. The Kier molecular flexibility index (Phi) is 4.67. The molecule has 0 saturated heterocycles. The summed E-state index contributed by atoms with van der Waals surface area (Å²) >= 11 is 0. The first kappa shape index (κ1) is 21.0. The number of aromatic amines is 4. The minimum atomic E-state index is -2.20. The molecule has 0 atom stereocenters. The van der Waals surface area contributed by atoms with Crippen LogP contribution in [0.3, 0.4) is 0 Å². The van der Waals surface area contributed by atoms with Crippen molar-refractivity contribution in [3.8, 4) is 11.1 Å². The molecule has 174 valence electrons. The smallest absolute Gasteiger partial charge is 0.200 e. The summed E-state index contributed by atoms with van der Waals surface area (Å²) in [7, 11) is 0. The topological polar surface area (TPSA) is 63.2 Å². The Bertz CT molecular complexity index is 1840. The number of aromatic nitrogens is 4. The van der Waals surface area contributed by atoms with E-state index in [0.717, 1.165) is 22.1 Å². The van der Waals surface area contributed by atoms with Crippen LogP contribution in [0, 0.1) is 29.1 Å². The molecular formula is C26H15F5N4. The average molecular weight is 478 g/mol. The summed E-state index contributed by atoms with van der Waals surface area (Å²) in [5, 5.41) is 2.77. The van der Waals surface area contributed by atoms with Crippen LogP contribution in [-0.4, -0.2) is 19.9 Å². The third kappa shape index (κ3) is 3.61. The third-order valence-corrected chi connectivity index (χ3v) is 5.77. The minimum absolute atomic E-state index is 0.166. The van der Waals surface area contributed by atoms with E-state index in [-0.39, 0.29) is 11.3 Å². The van der Waals surface area contributed by atoms with Gasteiger partial charge in [-0.25, -0.2) is 22.0 Å². The summed E-state index contributed by atoms with van der Waals surface area (Å²) in [5.41, 5.74) is 1.13. The molecule has 0 spiro atoms. The molecule has 6 rings (SSSR count). The standard InChI is InChI=1S/C26H15F5N4/c27-22-21(23(28)25(30)26(31)24(22)29)19-10-18-9-16-4-3-14(33-16)7-12-1-2-13(32-12)8-15-5-6-17(34-15)11-20(19)35-18/h1-11,32-35H. The van der Waals surface area contributed by atoms with Gasteiger partial charge in [0, 0.05) is 49.7 Å². The summed E-state index contributed by atoms with van der Waals surface area (Å²) in [4.78, 5) is 12.7. The van der Waals surface area contributed by atoms with Crippen LogP contribution in [0.5, 0.6) is 0 Å². The quantitative estimate of drug-likeness (QED) is 0.160. The van der Waals surface area contributed by atoms with Crippen molar-refractivity contribution >= 4 is 24.3 Å². The van der Waals surface area contributed by atoms with E-state index in [4.69, 9.17) is 0 Å². The fourth-order valence-electron chi connectivity index (χ4n) is 4.18. The molecule has 0 aliphatic carbocycles. The van der Waals surface area contributed by atoms with Crippen molar-refractivity contribution < 1.29 is 22.0 Å². The van der Waals surface area contributed by atoms with E-state index in [1.165, 1.54) is 6.07 Å². The maximum absolute atomic E-state index is 14.7. The lowest BCUT2D eigenvalue weighted by Crippen LogP contribution is -2.10. The van der Waals surface area contributed by atoms with Crippen LogP contribution in [0.25, 0.3) is 35.4 Å². The molecule has 8 bridgehead atoms. The summed E-state index contributed by atoms with van der Waals surface area (Å²) < 4.78 is 71.0.